The topological polar surface area (TPSA) is 97.0 Å². The molecule has 2 aromatic carbocycles. The summed E-state index contributed by atoms with van der Waals surface area (Å²) in [5.74, 6) is -1.32. The fourth-order valence-corrected chi connectivity index (χ4v) is 4.93. The maximum absolute atomic E-state index is 12.7. The van der Waals surface area contributed by atoms with E-state index in [9.17, 15) is 14.4 Å². The van der Waals surface area contributed by atoms with Crippen LogP contribution >= 0.6 is 0 Å². The second-order valence-electron chi connectivity index (χ2n) is 9.10. The number of nitrogens with zero attached hydrogens (tertiary/aromatic N) is 1. The third-order valence-electron chi connectivity index (χ3n) is 6.85. The Kier molecular flexibility index (Phi) is 8.50. The molecule has 8 nitrogen and oxygen atoms in total. The summed E-state index contributed by atoms with van der Waals surface area (Å²) in [6.45, 7) is 3.33. The Labute approximate surface area is 206 Å². The number of morpholine rings is 1. The molecule has 2 fully saturated rings. The normalized spacial score (nSPS) is 17.8. The number of amides is 2. The fraction of sp³-hybridized carbons (Fsp3) is 0.444. The first-order valence-corrected chi connectivity index (χ1v) is 12.3. The SMILES string of the molecule is O=C(COC(=O)c1ccccc1NC(=O)c1ccccc1)NCC1(N2CCOCC2)CCCCC1. The molecule has 1 saturated carbocycles. The van der Waals surface area contributed by atoms with Gasteiger partial charge in [-0.1, -0.05) is 49.6 Å². The largest absolute Gasteiger partial charge is 0.452 e. The molecule has 0 radical (unpaired) electrons. The van der Waals surface area contributed by atoms with Crippen molar-refractivity contribution in [1.29, 1.82) is 0 Å². The second-order valence-corrected chi connectivity index (χ2v) is 9.10. The zero-order valence-corrected chi connectivity index (χ0v) is 20.0. The summed E-state index contributed by atoms with van der Waals surface area (Å²) in [7, 11) is 0. The minimum Gasteiger partial charge on any atom is -0.452 e. The molecule has 0 bridgehead atoms. The molecule has 2 N–H and O–H groups in total. The van der Waals surface area contributed by atoms with Crippen LogP contribution in [-0.4, -0.2) is 67.7 Å². The Bertz CT molecular complexity index is 1010. The fourth-order valence-electron chi connectivity index (χ4n) is 4.93. The quantitative estimate of drug-likeness (QED) is 0.565. The predicted molar refractivity (Wildman–Crippen MR) is 132 cm³/mol. The molecule has 0 aromatic heterocycles. The van der Waals surface area contributed by atoms with Gasteiger partial charge in [-0.3, -0.25) is 14.5 Å². The van der Waals surface area contributed by atoms with Crippen LogP contribution in [0.1, 0.15) is 52.8 Å². The van der Waals surface area contributed by atoms with Crippen molar-refractivity contribution in [1.82, 2.24) is 10.2 Å². The molecule has 1 aliphatic heterocycles. The molecular weight excluding hydrogens is 446 g/mol. The Morgan fingerprint density at radius 1 is 0.914 bits per heavy atom. The zero-order chi connectivity index (χ0) is 24.5. The number of esters is 1. The molecule has 1 saturated heterocycles. The van der Waals surface area contributed by atoms with E-state index in [1.807, 2.05) is 6.07 Å². The van der Waals surface area contributed by atoms with Gasteiger partial charge in [-0.25, -0.2) is 4.79 Å². The van der Waals surface area contributed by atoms with Crippen LogP contribution in [-0.2, 0) is 14.3 Å². The first kappa shape index (κ1) is 24.9. The van der Waals surface area contributed by atoms with Crippen LogP contribution in [0.25, 0.3) is 0 Å². The van der Waals surface area contributed by atoms with Crippen molar-refractivity contribution in [2.75, 3.05) is 44.8 Å². The van der Waals surface area contributed by atoms with E-state index in [2.05, 4.69) is 15.5 Å². The van der Waals surface area contributed by atoms with Crippen LogP contribution in [0.4, 0.5) is 5.69 Å². The number of para-hydroxylation sites is 1. The lowest BCUT2D eigenvalue weighted by molar-refractivity contribution is -0.125. The molecule has 35 heavy (non-hydrogen) atoms. The number of anilines is 1. The monoisotopic (exact) mass is 479 g/mol. The van der Waals surface area contributed by atoms with Gasteiger partial charge in [0.15, 0.2) is 6.61 Å². The van der Waals surface area contributed by atoms with E-state index in [-0.39, 0.29) is 29.5 Å². The van der Waals surface area contributed by atoms with E-state index >= 15 is 0 Å². The molecule has 4 rings (SSSR count). The number of rotatable bonds is 8. The molecule has 2 aromatic rings. The van der Waals surface area contributed by atoms with E-state index in [0.29, 0.717) is 31.0 Å². The van der Waals surface area contributed by atoms with Crippen molar-refractivity contribution in [3.63, 3.8) is 0 Å². The van der Waals surface area contributed by atoms with Crippen molar-refractivity contribution in [3.05, 3.63) is 65.7 Å². The van der Waals surface area contributed by atoms with Gasteiger partial charge in [0.1, 0.15) is 0 Å². The Morgan fingerprint density at radius 3 is 2.34 bits per heavy atom. The van der Waals surface area contributed by atoms with Crippen molar-refractivity contribution in [3.8, 4) is 0 Å². The molecule has 8 heteroatoms. The average molecular weight is 480 g/mol. The number of ether oxygens (including phenoxy) is 2. The zero-order valence-electron chi connectivity index (χ0n) is 20.0. The lowest BCUT2D eigenvalue weighted by Crippen LogP contribution is -2.59. The van der Waals surface area contributed by atoms with Gasteiger partial charge in [0, 0.05) is 30.7 Å². The smallest absolute Gasteiger partial charge is 0.340 e. The highest BCUT2D eigenvalue weighted by Gasteiger charge is 2.38. The Balaban J connectivity index is 1.32. The van der Waals surface area contributed by atoms with Crippen molar-refractivity contribution in [2.24, 2.45) is 0 Å². The first-order chi connectivity index (χ1) is 17.1. The van der Waals surface area contributed by atoms with E-state index in [1.54, 1.807) is 48.5 Å². The van der Waals surface area contributed by atoms with Gasteiger partial charge in [0.25, 0.3) is 11.8 Å². The summed E-state index contributed by atoms with van der Waals surface area (Å²) >= 11 is 0. The van der Waals surface area contributed by atoms with Crippen molar-refractivity contribution < 1.29 is 23.9 Å². The molecule has 0 unspecified atom stereocenters. The molecule has 1 aliphatic carbocycles. The molecule has 186 valence electrons. The summed E-state index contributed by atoms with van der Waals surface area (Å²) in [6.07, 6.45) is 5.60. The molecule has 0 spiro atoms. The number of carbonyl (C=O) groups is 3. The van der Waals surface area contributed by atoms with Gasteiger partial charge in [-0.05, 0) is 37.1 Å². The second kappa shape index (κ2) is 12.0. The number of hydrogen-bond donors (Lipinski definition) is 2. The molecule has 2 amide bonds. The number of hydrogen-bond acceptors (Lipinski definition) is 6. The van der Waals surface area contributed by atoms with E-state index in [4.69, 9.17) is 9.47 Å². The highest BCUT2D eigenvalue weighted by Crippen LogP contribution is 2.33. The summed E-state index contributed by atoms with van der Waals surface area (Å²) in [5.41, 5.74) is 0.949. The summed E-state index contributed by atoms with van der Waals surface area (Å²) in [4.78, 5) is 40.3. The minimum absolute atomic E-state index is 0.0595. The maximum Gasteiger partial charge on any atom is 0.340 e. The third-order valence-corrected chi connectivity index (χ3v) is 6.85. The number of carbonyl (C=O) groups excluding carboxylic acids is 3. The molecular formula is C27H33N3O5. The van der Waals surface area contributed by atoms with Crippen LogP contribution in [0, 0.1) is 0 Å². The van der Waals surface area contributed by atoms with Crippen LogP contribution in [0.5, 0.6) is 0 Å². The van der Waals surface area contributed by atoms with Gasteiger partial charge in [-0.2, -0.15) is 0 Å². The van der Waals surface area contributed by atoms with Gasteiger partial charge in [0.2, 0.25) is 0 Å². The molecule has 2 aliphatic rings. The van der Waals surface area contributed by atoms with E-state index < -0.39 is 5.97 Å². The lowest BCUT2D eigenvalue weighted by atomic mass is 9.79. The summed E-state index contributed by atoms with van der Waals surface area (Å²) in [6, 6.07) is 15.3. The first-order valence-electron chi connectivity index (χ1n) is 12.3. The predicted octanol–water partition coefficient (Wildman–Crippen LogP) is 3.25. The lowest BCUT2D eigenvalue weighted by Gasteiger charge is -2.48. The summed E-state index contributed by atoms with van der Waals surface area (Å²) in [5, 5.41) is 5.75. The third kappa shape index (κ3) is 6.46. The van der Waals surface area contributed by atoms with Crippen molar-refractivity contribution >= 4 is 23.5 Å². The van der Waals surface area contributed by atoms with E-state index in [1.165, 1.54) is 6.42 Å². The number of nitrogens with one attached hydrogen (secondary N) is 2. The summed E-state index contributed by atoms with van der Waals surface area (Å²) < 4.78 is 10.8. The van der Waals surface area contributed by atoms with Crippen LogP contribution < -0.4 is 10.6 Å². The van der Waals surface area contributed by atoms with Gasteiger partial charge in [-0.15, -0.1) is 0 Å². The van der Waals surface area contributed by atoms with Crippen LogP contribution in [0.15, 0.2) is 54.6 Å². The highest BCUT2D eigenvalue weighted by molar-refractivity contribution is 6.08. The van der Waals surface area contributed by atoms with Gasteiger partial charge in [0.05, 0.1) is 24.5 Å². The Morgan fingerprint density at radius 2 is 1.60 bits per heavy atom. The van der Waals surface area contributed by atoms with Gasteiger partial charge >= 0.3 is 5.97 Å². The number of benzene rings is 2. The minimum atomic E-state index is -0.662. The highest BCUT2D eigenvalue weighted by atomic mass is 16.5. The maximum atomic E-state index is 12.7. The van der Waals surface area contributed by atoms with Gasteiger partial charge < -0.3 is 20.1 Å². The van der Waals surface area contributed by atoms with Crippen molar-refractivity contribution in [2.45, 2.75) is 37.6 Å². The molecule has 0 atom stereocenters. The average Bonchev–Trinajstić information content (AvgIpc) is 2.92. The van der Waals surface area contributed by atoms with E-state index in [0.717, 1.165) is 38.8 Å². The standard InChI is InChI=1S/C27H33N3O5/c31-24(28-20-27(13-7-2-8-14-27)30-15-17-34-18-16-30)19-35-26(33)22-11-5-6-12-23(22)29-25(32)21-9-3-1-4-10-21/h1,3-6,9-12H,2,7-8,13-20H2,(H,28,31)(H,29,32). The van der Waals surface area contributed by atoms with Crippen LogP contribution in [0.2, 0.25) is 0 Å². The van der Waals surface area contributed by atoms with Crippen LogP contribution in [0.3, 0.4) is 0 Å². The Hall–Kier alpha value is -3.23. The molecule has 1 heterocycles.